The zero-order valence-corrected chi connectivity index (χ0v) is 21.3. The molecule has 186 valence electrons. The van der Waals surface area contributed by atoms with Gasteiger partial charge in [0.25, 0.3) is 5.91 Å². The maximum absolute atomic E-state index is 14.4. The Kier molecular flexibility index (Phi) is 5.99. The molecule has 1 aliphatic rings. The largest absolute Gasteiger partial charge is 0.443 e. The van der Waals surface area contributed by atoms with E-state index in [1.807, 2.05) is 32.9 Å². The molecule has 8 nitrogen and oxygen atoms in total. The van der Waals surface area contributed by atoms with Crippen molar-refractivity contribution in [1.29, 1.82) is 0 Å². The molecule has 36 heavy (non-hydrogen) atoms. The van der Waals surface area contributed by atoms with Gasteiger partial charge < -0.3 is 14.5 Å². The Morgan fingerprint density at radius 1 is 1.17 bits per heavy atom. The highest BCUT2D eigenvalue weighted by Gasteiger charge is 2.24. The third-order valence-electron chi connectivity index (χ3n) is 5.61. The Hall–Kier alpha value is -3.79. The minimum absolute atomic E-state index is 0.214. The highest BCUT2D eigenvalue weighted by Crippen LogP contribution is 2.30. The summed E-state index contributed by atoms with van der Waals surface area (Å²) in [6.07, 6.45) is 6.35. The number of aromatic nitrogens is 3. The molecule has 0 unspecified atom stereocenters. The molecule has 1 aliphatic heterocycles. The van der Waals surface area contributed by atoms with E-state index in [1.165, 1.54) is 17.4 Å². The normalized spacial score (nSPS) is 14.2. The molecule has 5 rings (SSSR count). The third-order valence-corrected chi connectivity index (χ3v) is 6.65. The van der Waals surface area contributed by atoms with Gasteiger partial charge in [-0.3, -0.25) is 9.69 Å². The van der Waals surface area contributed by atoms with Gasteiger partial charge in [-0.05, 0) is 64.3 Å². The molecule has 0 fully saturated rings. The van der Waals surface area contributed by atoms with E-state index in [1.54, 1.807) is 40.9 Å². The van der Waals surface area contributed by atoms with Gasteiger partial charge in [0.2, 0.25) is 0 Å². The molecule has 0 atom stereocenters. The second-order valence-corrected chi connectivity index (χ2v) is 10.8. The molecule has 4 aromatic heterocycles. The van der Waals surface area contributed by atoms with Crippen LogP contribution in [0.5, 0.6) is 0 Å². The van der Waals surface area contributed by atoms with Crippen molar-refractivity contribution >= 4 is 50.5 Å². The Morgan fingerprint density at radius 2 is 1.97 bits per heavy atom. The SMILES string of the molecule is Cc1cn2cc(NC(=O)c3cc4ccc(C5=CN(C(=O)OC(C)(C)C)CCC5)nc4s3)cc(F)c2n1. The standard InChI is InChI=1S/C26H26FN5O3S/c1-15-12-32-14-18(11-19(27)22(32)28-15)29-23(33)21-10-16-7-8-20(30-24(16)36-21)17-6-5-9-31(13-17)25(34)35-26(2,3)4/h7-8,10-14H,5-6,9H2,1-4H3,(H,29,33). The number of anilines is 1. The van der Waals surface area contributed by atoms with Crippen LogP contribution >= 0.6 is 11.3 Å². The number of hydrogen-bond acceptors (Lipinski definition) is 6. The number of ether oxygens (including phenoxy) is 1. The molecule has 0 aliphatic carbocycles. The van der Waals surface area contributed by atoms with Crippen molar-refractivity contribution in [2.24, 2.45) is 0 Å². The number of imidazole rings is 1. The van der Waals surface area contributed by atoms with E-state index in [0.29, 0.717) is 27.6 Å². The van der Waals surface area contributed by atoms with Crippen LogP contribution < -0.4 is 5.32 Å². The first-order chi connectivity index (χ1) is 17.1. The first kappa shape index (κ1) is 23.9. The molecule has 0 bridgehead atoms. The van der Waals surface area contributed by atoms with Crippen LogP contribution in [0.15, 0.2) is 42.9 Å². The molecule has 0 aromatic carbocycles. The maximum Gasteiger partial charge on any atom is 0.414 e. The lowest BCUT2D eigenvalue weighted by atomic mass is 10.0. The van der Waals surface area contributed by atoms with Gasteiger partial charge in [-0.1, -0.05) is 0 Å². The minimum atomic E-state index is -0.567. The van der Waals surface area contributed by atoms with Gasteiger partial charge >= 0.3 is 6.09 Å². The lowest BCUT2D eigenvalue weighted by Crippen LogP contribution is -2.35. The van der Waals surface area contributed by atoms with Gasteiger partial charge in [0.1, 0.15) is 10.4 Å². The number of nitrogens with zero attached hydrogens (tertiary/aromatic N) is 4. The number of hydrogen-bond donors (Lipinski definition) is 1. The highest BCUT2D eigenvalue weighted by atomic mass is 32.1. The van der Waals surface area contributed by atoms with Crippen molar-refractivity contribution in [2.45, 2.75) is 46.1 Å². The second-order valence-electron chi connectivity index (χ2n) is 9.78. The summed E-state index contributed by atoms with van der Waals surface area (Å²) < 4.78 is 21.4. The Labute approximate surface area is 211 Å². The van der Waals surface area contributed by atoms with Gasteiger partial charge in [-0.15, -0.1) is 11.3 Å². The van der Waals surface area contributed by atoms with Crippen LogP contribution in [0.3, 0.4) is 0 Å². The molecule has 4 aromatic rings. The summed E-state index contributed by atoms with van der Waals surface area (Å²) in [5.74, 6) is -0.854. The van der Waals surface area contributed by atoms with Gasteiger partial charge in [0, 0.05) is 36.6 Å². The smallest absolute Gasteiger partial charge is 0.414 e. The van der Waals surface area contributed by atoms with Crippen molar-refractivity contribution in [1.82, 2.24) is 19.3 Å². The molecule has 5 heterocycles. The summed E-state index contributed by atoms with van der Waals surface area (Å²) >= 11 is 1.26. The van der Waals surface area contributed by atoms with Crippen molar-refractivity contribution in [3.8, 4) is 0 Å². The lowest BCUT2D eigenvalue weighted by Gasteiger charge is -2.28. The number of fused-ring (bicyclic) bond motifs is 2. The van der Waals surface area contributed by atoms with E-state index >= 15 is 0 Å². The number of thiophene rings is 1. The van der Waals surface area contributed by atoms with Crippen molar-refractivity contribution < 1.29 is 18.7 Å². The van der Waals surface area contributed by atoms with Crippen LogP contribution in [0.25, 0.3) is 21.4 Å². The number of pyridine rings is 2. The summed E-state index contributed by atoms with van der Waals surface area (Å²) in [6.45, 7) is 7.89. The maximum atomic E-state index is 14.4. The van der Waals surface area contributed by atoms with Crippen molar-refractivity contribution in [2.75, 3.05) is 11.9 Å². The zero-order valence-electron chi connectivity index (χ0n) is 20.5. The van der Waals surface area contributed by atoms with E-state index in [2.05, 4.69) is 10.3 Å². The number of carbonyl (C=O) groups excluding carboxylic acids is 2. The van der Waals surface area contributed by atoms with E-state index in [-0.39, 0.29) is 17.6 Å². The van der Waals surface area contributed by atoms with Gasteiger partial charge in [-0.25, -0.2) is 19.2 Å². The highest BCUT2D eigenvalue weighted by molar-refractivity contribution is 7.20. The van der Waals surface area contributed by atoms with E-state index < -0.39 is 11.4 Å². The molecular formula is C26H26FN5O3S. The average molecular weight is 508 g/mol. The fourth-order valence-electron chi connectivity index (χ4n) is 4.06. The number of rotatable bonds is 3. The monoisotopic (exact) mass is 507 g/mol. The zero-order chi connectivity index (χ0) is 25.6. The number of allylic oxidation sites excluding steroid dienone is 1. The van der Waals surface area contributed by atoms with Crippen LogP contribution in [0.2, 0.25) is 0 Å². The topological polar surface area (TPSA) is 88.8 Å². The summed E-state index contributed by atoms with van der Waals surface area (Å²) in [5.41, 5.74) is 2.36. The van der Waals surface area contributed by atoms with Crippen molar-refractivity contribution in [3.63, 3.8) is 0 Å². The fraction of sp³-hybridized carbons (Fsp3) is 0.308. The predicted octanol–water partition coefficient (Wildman–Crippen LogP) is 6.02. The van der Waals surface area contributed by atoms with Crippen LogP contribution in [-0.2, 0) is 4.74 Å². The molecule has 0 saturated carbocycles. The quantitative estimate of drug-likeness (QED) is 0.367. The summed E-state index contributed by atoms with van der Waals surface area (Å²) in [6, 6.07) is 6.84. The number of nitrogens with one attached hydrogen (secondary N) is 1. The molecule has 0 saturated heterocycles. The third kappa shape index (κ3) is 4.94. The average Bonchev–Trinajstić information content (AvgIpc) is 3.41. The Balaban J connectivity index is 1.37. The van der Waals surface area contributed by atoms with Gasteiger partial charge in [-0.2, -0.15) is 0 Å². The van der Waals surface area contributed by atoms with Crippen LogP contribution in [0, 0.1) is 12.7 Å². The summed E-state index contributed by atoms with van der Waals surface area (Å²) in [4.78, 5) is 37.0. The molecular weight excluding hydrogens is 481 g/mol. The summed E-state index contributed by atoms with van der Waals surface area (Å²) in [7, 11) is 0. The van der Waals surface area contributed by atoms with Crippen molar-refractivity contribution in [3.05, 3.63) is 64.9 Å². The number of amides is 2. The fourth-order valence-corrected chi connectivity index (χ4v) is 4.99. The minimum Gasteiger partial charge on any atom is -0.443 e. The first-order valence-corrected chi connectivity index (χ1v) is 12.4. The van der Waals surface area contributed by atoms with Crippen LogP contribution in [0.4, 0.5) is 14.9 Å². The first-order valence-electron chi connectivity index (χ1n) is 11.6. The Morgan fingerprint density at radius 3 is 2.75 bits per heavy atom. The molecule has 0 radical (unpaired) electrons. The van der Waals surface area contributed by atoms with E-state index in [9.17, 15) is 14.0 Å². The summed E-state index contributed by atoms with van der Waals surface area (Å²) in [5, 5.41) is 3.60. The predicted molar refractivity (Wildman–Crippen MR) is 138 cm³/mol. The van der Waals surface area contributed by atoms with Crippen LogP contribution in [-0.4, -0.2) is 43.4 Å². The molecule has 2 amide bonds. The Bertz CT molecular complexity index is 1530. The molecule has 10 heteroatoms. The number of carbonyl (C=O) groups is 2. The lowest BCUT2D eigenvalue weighted by molar-refractivity contribution is 0.0329. The van der Waals surface area contributed by atoms with Gasteiger partial charge in [0.05, 0.1) is 22.0 Å². The van der Waals surface area contributed by atoms with E-state index in [4.69, 9.17) is 9.72 Å². The number of aryl methyl sites for hydroxylation is 1. The van der Waals surface area contributed by atoms with Crippen LogP contribution in [0.1, 0.15) is 54.7 Å². The van der Waals surface area contributed by atoms with E-state index in [0.717, 1.165) is 29.5 Å². The molecule has 0 spiro atoms. The van der Waals surface area contributed by atoms with Gasteiger partial charge in [0.15, 0.2) is 11.5 Å². The second kappa shape index (κ2) is 9.02. The molecule has 1 N–H and O–H groups in total. The number of halogens is 1.